The molecule has 1 aliphatic rings. The van der Waals surface area contributed by atoms with Gasteiger partial charge < -0.3 is 10.6 Å². The molecule has 0 aliphatic carbocycles. The molecule has 2 N–H and O–H groups in total. The Labute approximate surface area is 130 Å². The minimum atomic E-state index is 0.534. The van der Waals surface area contributed by atoms with Crippen LogP contribution in [0.25, 0.3) is 5.69 Å². The minimum absolute atomic E-state index is 0.534. The highest BCUT2D eigenvalue weighted by Crippen LogP contribution is 2.30. The summed E-state index contributed by atoms with van der Waals surface area (Å²) in [5.41, 5.74) is 9.29. The van der Waals surface area contributed by atoms with Crippen molar-refractivity contribution < 1.29 is 0 Å². The highest BCUT2D eigenvalue weighted by Gasteiger charge is 2.25. The van der Waals surface area contributed by atoms with E-state index in [0.29, 0.717) is 11.8 Å². The van der Waals surface area contributed by atoms with Crippen LogP contribution in [0.2, 0.25) is 0 Å². The second-order valence-electron chi connectivity index (χ2n) is 5.47. The van der Waals surface area contributed by atoms with E-state index in [9.17, 15) is 0 Å². The standard InChI is InChI=1S/C16H22N4S/c1-12-11-19(8-9-21-12)16-15(10-17)13(2)18-20(16)14-6-4-3-5-7-14/h3-7,12H,8-11,17H2,1-2H3. The fourth-order valence-corrected chi connectivity index (χ4v) is 3.88. The van der Waals surface area contributed by atoms with E-state index < -0.39 is 0 Å². The lowest BCUT2D eigenvalue weighted by Gasteiger charge is -2.33. The van der Waals surface area contributed by atoms with Crippen molar-refractivity contribution in [2.24, 2.45) is 5.73 Å². The number of anilines is 1. The molecule has 1 saturated heterocycles. The summed E-state index contributed by atoms with van der Waals surface area (Å²) in [6.07, 6.45) is 0. The molecule has 1 aromatic heterocycles. The Morgan fingerprint density at radius 2 is 2.10 bits per heavy atom. The first kappa shape index (κ1) is 14.5. The molecule has 2 heterocycles. The van der Waals surface area contributed by atoms with E-state index in [0.717, 1.165) is 35.8 Å². The SMILES string of the molecule is Cc1nn(-c2ccccc2)c(N2CCSC(C)C2)c1CN. The second-order valence-corrected chi connectivity index (χ2v) is 7.01. The summed E-state index contributed by atoms with van der Waals surface area (Å²) in [7, 11) is 0. The Bertz CT molecular complexity index is 608. The smallest absolute Gasteiger partial charge is 0.137 e. The predicted molar refractivity (Wildman–Crippen MR) is 90.3 cm³/mol. The molecule has 0 amide bonds. The molecule has 3 rings (SSSR count). The van der Waals surface area contributed by atoms with Crippen molar-refractivity contribution in [1.29, 1.82) is 0 Å². The number of aromatic nitrogens is 2. The average molecular weight is 302 g/mol. The van der Waals surface area contributed by atoms with E-state index >= 15 is 0 Å². The number of thioether (sulfide) groups is 1. The summed E-state index contributed by atoms with van der Waals surface area (Å²) in [5, 5.41) is 5.38. The number of nitrogens with two attached hydrogens (primary N) is 1. The number of nitrogens with zero attached hydrogens (tertiary/aromatic N) is 3. The summed E-state index contributed by atoms with van der Waals surface area (Å²) >= 11 is 2.04. The molecule has 1 fully saturated rings. The number of rotatable bonds is 3. The summed E-state index contributed by atoms with van der Waals surface area (Å²) in [6, 6.07) is 10.3. The van der Waals surface area contributed by atoms with Gasteiger partial charge in [-0.15, -0.1) is 0 Å². The van der Waals surface area contributed by atoms with Crippen LogP contribution in [0.15, 0.2) is 30.3 Å². The highest BCUT2D eigenvalue weighted by atomic mass is 32.2. The number of benzene rings is 1. The predicted octanol–water partition coefficient (Wildman–Crippen LogP) is 2.58. The lowest BCUT2D eigenvalue weighted by Crippen LogP contribution is -2.38. The summed E-state index contributed by atoms with van der Waals surface area (Å²) in [6.45, 7) is 6.98. The van der Waals surface area contributed by atoms with Crippen molar-refractivity contribution >= 4 is 17.6 Å². The van der Waals surface area contributed by atoms with Crippen LogP contribution in [0, 0.1) is 6.92 Å². The summed E-state index contributed by atoms with van der Waals surface area (Å²) in [5.74, 6) is 2.33. The molecule has 1 unspecified atom stereocenters. The fourth-order valence-electron chi connectivity index (χ4n) is 2.87. The molecule has 0 saturated carbocycles. The van der Waals surface area contributed by atoms with Crippen LogP contribution in [0.4, 0.5) is 5.82 Å². The first-order valence-electron chi connectivity index (χ1n) is 7.41. The van der Waals surface area contributed by atoms with Crippen molar-refractivity contribution in [2.75, 3.05) is 23.7 Å². The Morgan fingerprint density at radius 3 is 2.76 bits per heavy atom. The van der Waals surface area contributed by atoms with Crippen LogP contribution in [0.1, 0.15) is 18.2 Å². The molecule has 1 aliphatic heterocycles. The topological polar surface area (TPSA) is 47.1 Å². The van der Waals surface area contributed by atoms with Gasteiger partial charge >= 0.3 is 0 Å². The van der Waals surface area contributed by atoms with E-state index in [1.165, 1.54) is 5.82 Å². The molecular weight excluding hydrogens is 280 g/mol. The van der Waals surface area contributed by atoms with Gasteiger partial charge in [0.1, 0.15) is 5.82 Å². The summed E-state index contributed by atoms with van der Waals surface area (Å²) < 4.78 is 2.06. The van der Waals surface area contributed by atoms with Crippen LogP contribution in [0.5, 0.6) is 0 Å². The van der Waals surface area contributed by atoms with Crippen molar-refractivity contribution in [2.45, 2.75) is 25.6 Å². The quantitative estimate of drug-likeness (QED) is 0.946. The van der Waals surface area contributed by atoms with Crippen LogP contribution in [0.3, 0.4) is 0 Å². The number of hydrogen-bond donors (Lipinski definition) is 1. The van der Waals surface area contributed by atoms with E-state index in [1.54, 1.807) is 0 Å². The molecule has 0 bridgehead atoms. The number of aryl methyl sites for hydroxylation is 1. The van der Waals surface area contributed by atoms with Gasteiger partial charge in [-0.3, -0.25) is 0 Å². The molecular formula is C16H22N4S. The van der Waals surface area contributed by atoms with Gasteiger partial charge in [-0.05, 0) is 19.1 Å². The average Bonchev–Trinajstić information content (AvgIpc) is 2.85. The maximum Gasteiger partial charge on any atom is 0.137 e. The number of hydrogen-bond acceptors (Lipinski definition) is 4. The third-order valence-electron chi connectivity index (χ3n) is 3.90. The van der Waals surface area contributed by atoms with Gasteiger partial charge in [-0.2, -0.15) is 16.9 Å². The van der Waals surface area contributed by atoms with Crippen LogP contribution in [-0.4, -0.2) is 33.9 Å². The van der Waals surface area contributed by atoms with Gasteiger partial charge in [-0.25, -0.2) is 4.68 Å². The van der Waals surface area contributed by atoms with Crippen LogP contribution >= 0.6 is 11.8 Å². The van der Waals surface area contributed by atoms with Gasteiger partial charge in [0.2, 0.25) is 0 Å². The molecule has 0 radical (unpaired) electrons. The van der Waals surface area contributed by atoms with Crippen molar-refractivity contribution in [3.05, 3.63) is 41.6 Å². The minimum Gasteiger partial charge on any atom is -0.354 e. The van der Waals surface area contributed by atoms with E-state index in [2.05, 4.69) is 28.6 Å². The van der Waals surface area contributed by atoms with Gasteiger partial charge in [0.15, 0.2) is 0 Å². The largest absolute Gasteiger partial charge is 0.354 e. The Kier molecular flexibility index (Phi) is 4.22. The van der Waals surface area contributed by atoms with E-state index in [4.69, 9.17) is 10.8 Å². The molecule has 21 heavy (non-hydrogen) atoms. The Morgan fingerprint density at radius 1 is 1.33 bits per heavy atom. The van der Waals surface area contributed by atoms with Crippen LogP contribution in [-0.2, 0) is 6.54 Å². The lowest BCUT2D eigenvalue weighted by molar-refractivity contribution is 0.733. The van der Waals surface area contributed by atoms with Crippen molar-refractivity contribution in [3.63, 3.8) is 0 Å². The van der Waals surface area contributed by atoms with Gasteiger partial charge in [0.05, 0.1) is 11.4 Å². The monoisotopic (exact) mass is 302 g/mol. The molecule has 2 aromatic rings. The fraction of sp³-hybridized carbons (Fsp3) is 0.438. The maximum absolute atomic E-state index is 6.00. The first-order valence-corrected chi connectivity index (χ1v) is 8.46. The zero-order valence-electron chi connectivity index (χ0n) is 12.6. The molecule has 112 valence electrons. The third kappa shape index (κ3) is 2.80. The highest BCUT2D eigenvalue weighted by molar-refractivity contribution is 8.00. The number of para-hydroxylation sites is 1. The maximum atomic E-state index is 6.00. The van der Waals surface area contributed by atoms with E-state index in [1.807, 2.05) is 36.9 Å². The van der Waals surface area contributed by atoms with Crippen molar-refractivity contribution in [3.8, 4) is 5.69 Å². The third-order valence-corrected chi connectivity index (χ3v) is 5.04. The molecule has 4 nitrogen and oxygen atoms in total. The lowest BCUT2D eigenvalue weighted by atomic mass is 10.2. The molecule has 1 atom stereocenters. The Balaban J connectivity index is 2.08. The molecule has 0 spiro atoms. The van der Waals surface area contributed by atoms with E-state index in [-0.39, 0.29) is 0 Å². The normalized spacial score (nSPS) is 19.0. The molecule has 1 aromatic carbocycles. The van der Waals surface area contributed by atoms with Gasteiger partial charge in [0.25, 0.3) is 0 Å². The zero-order chi connectivity index (χ0) is 14.8. The Hall–Kier alpha value is -1.46. The summed E-state index contributed by atoms with van der Waals surface area (Å²) in [4.78, 5) is 2.44. The second kappa shape index (κ2) is 6.12. The van der Waals surface area contributed by atoms with Gasteiger partial charge in [-0.1, -0.05) is 25.1 Å². The van der Waals surface area contributed by atoms with Crippen LogP contribution < -0.4 is 10.6 Å². The first-order chi connectivity index (χ1) is 10.2. The van der Waals surface area contributed by atoms with Gasteiger partial charge in [0, 0.05) is 36.2 Å². The zero-order valence-corrected chi connectivity index (χ0v) is 13.4. The molecule has 5 heteroatoms. The van der Waals surface area contributed by atoms with Crippen molar-refractivity contribution in [1.82, 2.24) is 9.78 Å².